The maximum atomic E-state index is 5.59. The van der Waals surface area contributed by atoms with Crippen molar-refractivity contribution in [3.8, 4) is 0 Å². The van der Waals surface area contributed by atoms with E-state index in [0.29, 0.717) is 0 Å². The van der Waals surface area contributed by atoms with Crippen molar-refractivity contribution in [1.29, 1.82) is 0 Å². The molecule has 0 fully saturated rings. The molecule has 0 bridgehead atoms. The second-order valence-corrected chi connectivity index (χ2v) is 6.03. The second-order valence-electron chi connectivity index (χ2n) is 3.92. The highest BCUT2D eigenvalue weighted by molar-refractivity contribution is 6.48. The highest BCUT2D eigenvalue weighted by Gasteiger charge is 1.96. The molecule has 1 aromatic rings. The molecular weight excluding hydrogens is 202 g/mol. The van der Waals surface area contributed by atoms with Crippen LogP contribution in [0.1, 0.15) is 24.8 Å². The van der Waals surface area contributed by atoms with E-state index in [9.17, 15) is 0 Å². The average molecular weight is 222 g/mol. The Bertz CT molecular complexity index is 251. The zero-order valence-corrected chi connectivity index (χ0v) is 10.7. The number of rotatable bonds is 7. The molecule has 1 radical (unpaired) electrons. The summed E-state index contributed by atoms with van der Waals surface area (Å²) in [7, 11) is -0.482. The van der Waals surface area contributed by atoms with Crippen LogP contribution in [0.15, 0.2) is 24.5 Å². The summed E-state index contributed by atoms with van der Waals surface area (Å²) in [6.07, 6.45) is 8.60. The fraction of sp³-hybridized carbons (Fsp3) is 0.583. The number of aromatic nitrogens is 1. The predicted octanol–water partition coefficient (Wildman–Crippen LogP) is 3.06. The van der Waals surface area contributed by atoms with Crippen LogP contribution in [0.2, 0.25) is 13.1 Å². The first-order valence-electron chi connectivity index (χ1n) is 5.61. The van der Waals surface area contributed by atoms with Crippen LogP contribution >= 0.6 is 0 Å². The third kappa shape index (κ3) is 6.41. The normalized spacial score (nSPS) is 10.9. The van der Waals surface area contributed by atoms with Crippen molar-refractivity contribution in [2.75, 3.05) is 6.61 Å². The Hall–Kier alpha value is -0.673. The lowest BCUT2D eigenvalue weighted by atomic mass is 10.1. The van der Waals surface area contributed by atoms with E-state index in [4.69, 9.17) is 4.43 Å². The van der Waals surface area contributed by atoms with E-state index >= 15 is 0 Å². The molecule has 0 N–H and O–H groups in total. The zero-order chi connectivity index (χ0) is 10.9. The molecule has 1 rings (SSSR count). The van der Waals surface area contributed by atoms with Gasteiger partial charge in [0.2, 0.25) is 9.04 Å². The van der Waals surface area contributed by atoms with Gasteiger partial charge in [0.05, 0.1) is 0 Å². The predicted molar refractivity (Wildman–Crippen MR) is 65.2 cm³/mol. The molecule has 0 aromatic carbocycles. The summed E-state index contributed by atoms with van der Waals surface area (Å²) in [6.45, 7) is 5.31. The lowest BCUT2D eigenvalue weighted by Crippen LogP contribution is -2.08. The van der Waals surface area contributed by atoms with Gasteiger partial charge in [0, 0.05) is 19.0 Å². The van der Waals surface area contributed by atoms with Gasteiger partial charge in [-0.05, 0) is 50.1 Å². The van der Waals surface area contributed by atoms with Crippen molar-refractivity contribution >= 4 is 9.04 Å². The fourth-order valence-electron chi connectivity index (χ4n) is 1.43. The minimum absolute atomic E-state index is 0.482. The van der Waals surface area contributed by atoms with Gasteiger partial charge < -0.3 is 4.43 Å². The van der Waals surface area contributed by atoms with Crippen molar-refractivity contribution in [2.24, 2.45) is 0 Å². The molecule has 0 aliphatic carbocycles. The number of pyridine rings is 1. The Morgan fingerprint density at radius 2 is 1.87 bits per heavy atom. The molecule has 1 heterocycles. The van der Waals surface area contributed by atoms with Crippen LogP contribution in [0.3, 0.4) is 0 Å². The standard InChI is InChI=1S/C12H20NOSi/c1-15(2)14-11-5-3-4-6-12-7-9-13-10-8-12/h7-10H,3-6,11H2,1-2H3. The Morgan fingerprint density at radius 3 is 2.53 bits per heavy atom. The lowest BCUT2D eigenvalue weighted by molar-refractivity contribution is 0.313. The number of nitrogens with zero attached hydrogens (tertiary/aromatic N) is 1. The van der Waals surface area contributed by atoms with E-state index in [1.165, 1.54) is 31.2 Å². The van der Waals surface area contributed by atoms with Gasteiger partial charge in [0.25, 0.3) is 0 Å². The average Bonchev–Trinajstić information content (AvgIpc) is 2.24. The summed E-state index contributed by atoms with van der Waals surface area (Å²) in [6, 6.07) is 4.19. The monoisotopic (exact) mass is 222 g/mol. The first kappa shape index (κ1) is 12.4. The van der Waals surface area contributed by atoms with Crippen LogP contribution in [-0.4, -0.2) is 20.6 Å². The first-order valence-corrected chi connectivity index (χ1v) is 8.02. The van der Waals surface area contributed by atoms with Gasteiger partial charge in [0.1, 0.15) is 0 Å². The minimum Gasteiger partial charge on any atom is -0.417 e. The summed E-state index contributed by atoms with van der Waals surface area (Å²) in [4.78, 5) is 4.01. The highest BCUT2D eigenvalue weighted by atomic mass is 28.3. The largest absolute Gasteiger partial charge is 0.417 e. The number of hydrogen-bond acceptors (Lipinski definition) is 2. The maximum Gasteiger partial charge on any atom is 0.204 e. The van der Waals surface area contributed by atoms with Crippen molar-refractivity contribution in [3.05, 3.63) is 30.1 Å². The van der Waals surface area contributed by atoms with E-state index in [2.05, 4.69) is 30.2 Å². The fourth-order valence-corrected chi connectivity index (χ4v) is 1.99. The molecule has 0 aliphatic rings. The molecule has 0 spiro atoms. The van der Waals surface area contributed by atoms with E-state index in [0.717, 1.165) is 6.61 Å². The van der Waals surface area contributed by atoms with Gasteiger partial charge >= 0.3 is 0 Å². The van der Waals surface area contributed by atoms with Crippen molar-refractivity contribution in [3.63, 3.8) is 0 Å². The minimum atomic E-state index is -0.482. The summed E-state index contributed by atoms with van der Waals surface area (Å²) in [5, 5.41) is 0. The van der Waals surface area contributed by atoms with E-state index in [1.807, 2.05) is 12.4 Å². The van der Waals surface area contributed by atoms with Crippen molar-refractivity contribution < 1.29 is 4.43 Å². The summed E-state index contributed by atoms with van der Waals surface area (Å²) >= 11 is 0. The van der Waals surface area contributed by atoms with Crippen LogP contribution in [0, 0.1) is 0 Å². The van der Waals surface area contributed by atoms with Crippen LogP contribution in [0.5, 0.6) is 0 Å². The Kier molecular flexibility index (Phi) is 6.28. The van der Waals surface area contributed by atoms with Gasteiger partial charge in [-0.1, -0.05) is 6.42 Å². The number of aryl methyl sites for hydroxylation is 1. The molecule has 0 saturated heterocycles. The maximum absolute atomic E-state index is 5.59. The molecule has 83 valence electrons. The lowest BCUT2D eigenvalue weighted by Gasteiger charge is -2.05. The molecule has 15 heavy (non-hydrogen) atoms. The Labute approximate surface area is 94.4 Å². The van der Waals surface area contributed by atoms with E-state index in [-0.39, 0.29) is 0 Å². The van der Waals surface area contributed by atoms with Crippen molar-refractivity contribution in [1.82, 2.24) is 4.98 Å². The first-order chi connectivity index (χ1) is 7.29. The Morgan fingerprint density at radius 1 is 1.13 bits per heavy atom. The molecule has 3 heteroatoms. The summed E-state index contributed by atoms with van der Waals surface area (Å²) in [5.74, 6) is 0. The third-order valence-electron chi connectivity index (χ3n) is 2.25. The smallest absolute Gasteiger partial charge is 0.204 e. The SMILES string of the molecule is C[Si](C)OCCCCCc1ccncc1. The van der Waals surface area contributed by atoms with Gasteiger partial charge in [-0.3, -0.25) is 4.98 Å². The highest BCUT2D eigenvalue weighted by Crippen LogP contribution is 2.05. The van der Waals surface area contributed by atoms with Gasteiger partial charge in [0.15, 0.2) is 0 Å². The van der Waals surface area contributed by atoms with Crippen LogP contribution in [-0.2, 0) is 10.8 Å². The number of unbranched alkanes of at least 4 members (excludes halogenated alkanes) is 2. The molecule has 0 amide bonds. The Balaban J connectivity index is 1.98. The third-order valence-corrected chi connectivity index (χ3v) is 3.03. The number of hydrogen-bond donors (Lipinski definition) is 0. The van der Waals surface area contributed by atoms with Crippen LogP contribution in [0.25, 0.3) is 0 Å². The molecule has 1 aromatic heterocycles. The molecule has 0 unspecified atom stereocenters. The van der Waals surface area contributed by atoms with Gasteiger partial charge in [-0.2, -0.15) is 0 Å². The van der Waals surface area contributed by atoms with Crippen LogP contribution < -0.4 is 0 Å². The van der Waals surface area contributed by atoms with Crippen molar-refractivity contribution in [2.45, 2.75) is 38.8 Å². The van der Waals surface area contributed by atoms with Gasteiger partial charge in [-0.25, -0.2) is 0 Å². The topological polar surface area (TPSA) is 22.1 Å². The summed E-state index contributed by atoms with van der Waals surface area (Å²) < 4.78 is 5.59. The molecule has 2 nitrogen and oxygen atoms in total. The molecule has 0 aliphatic heterocycles. The van der Waals surface area contributed by atoms with E-state index in [1.54, 1.807) is 0 Å². The molecule has 0 atom stereocenters. The molecular formula is C12H20NOSi. The quantitative estimate of drug-likeness (QED) is 0.522. The second kappa shape index (κ2) is 7.60. The van der Waals surface area contributed by atoms with Crippen LogP contribution in [0.4, 0.5) is 0 Å². The van der Waals surface area contributed by atoms with E-state index < -0.39 is 9.04 Å². The molecule has 0 saturated carbocycles. The zero-order valence-electron chi connectivity index (χ0n) is 9.70. The van der Waals surface area contributed by atoms with Gasteiger partial charge in [-0.15, -0.1) is 0 Å². The summed E-state index contributed by atoms with van der Waals surface area (Å²) in [5.41, 5.74) is 1.39.